The van der Waals surface area contributed by atoms with Crippen molar-refractivity contribution in [2.24, 2.45) is 0 Å². The van der Waals surface area contributed by atoms with Gasteiger partial charge in [-0.3, -0.25) is 0 Å². The van der Waals surface area contributed by atoms with Crippen LogP contribution in [0.1, 0.15) is 16.7 Å². The fourth-order valence-corrected chi connectivity index (χ4v) is 8.58. The number of phenols is 1. The Morgan fingerprint density at radius 2 is 1.27 bits per heavy atom. The van der Waals surface area contributed by atoms with Crippen molar-refractivity contribution in [3.05, 3.63) is 108 Å². The van der Waals surface area contributed by atoms with Gasteiger partial charge in [0.2, 0.25) is 0 Å². The van der Waals surface area contributed by atoms with Crippen molar-refractivity contribution in [1.29, 1.82) is 0 Å². The minimum atomic E-state index is -1.16. The second-order valence-corrected chi connectivity index (χ2v) is 14.1. The minimum absolute atomic E-state index is 0.424. The molecule has 1 nitrogen and oxygen atoms in total. The van der Waals surface area contributed by atoms with E-state index in [9.17, 15) is 5.11 Å². The molecule has 1 unspecified atom stereocenters. The molecule has 1 atom stereocenters. The summed E-state index contributed by atoms with van der Waals surface area (Å²) < 4.78 is 0. The molecule has 1 N–H and O–H groups in total. The van der Waals surface area contributed by atoms with Gasteiger partial charge in [0.25, 0.3) is 0 Å². The maximum atomic E-state index is 10.8. The number of hydrogen-bond donors (Lipinski definition) is 1. The Labute approximate surface area is 216 Å². The zero-order valence-electron chi connectivity index (χ0n) is 18.9. The molecule has 0 heterocycles. The van der Waals surface area contributed by atoms with E-state index in [1.165, 1.54) is 32.3 Å². The average molecular weight is 548 g/mol. The standard InChI is InChI=1S/C27H26OP2.2ClH.Ti/c1-19-17-21(3)26(28)24(18-19)29-27-20(2)11-10-16-25(27)30(22-12-6-4-7-13-22)23-14-8-5-9-15-23;;;/h4-18,28-29H,1-3H3;2*1H;/q;;;+2/p-1. The fourth-order valence-electron chi connectivity index (χ4n) is 3.92. The van der Waals surface area contributed by atoms with E-state index in [0.717, 1.165) is 10.9 Å². The van der Waals surface area contributed by atoms with Crippen LogP contribution in [0.2, 0.25) is 0 Å². The Morgan fingerprint density at radius 3 is 1.82 bits per heavy atom. The van der Waals surface area contributed by atoms with E-state index >= 15 is 0 Å². The molecular weight excluding hydrogens is 521 g/mol. The molecular formula is C27H27Cl2OP2Ti+. The molecule has 0 bridgehead atoms. The molecule has 0 spiro atoms. The van der Waals surface area contributed by atoms with Crippen LogP contribution in [0.15, 0.2) is 91.0 Å². The first-order chi connectivity index (χ1) is 16.0. The van der Waals surface area contributed by atoms with Crippen molar-refractivity contribution in [2.45, 2.75) is 20.8 Å². The third kappa shape index (κ3) is 6.93. The summed E-state index contributed by atoms with van der Waals surface area (Å²) in [5.41, 5.74) is 3.43. The maximum absolute atomic E-state index is 10.8. The van der Waals surface area contributed by atoms with Gasteiger partial charge in [-0.1, -0.05) is 63.2 Å². The Hall–Kier alpha value is -1.17. The van der Waals surface area contributed by atoms with Crippen LogP contribution < -0.4 is 26.5 Å². The zero-order chi connectivity index (χ0) is 23.8. The topological polar surface area (TPSA) is 20.2 Å². The number of rotatable bonds is 5. The van der Waals surface area contributed by atoms with Gasteiger partial charge in [-0.05, 0) is 73.9 Å². The van der Waals surface area contributed by atoms with E-state index < -0.39 is 25.0 Å². The van der Waals surface area contributed by atoms with E-state index in [-0.39, 0.29) is 0 Å². The van der Waals surface area contributed by atoms with Gasteiger partial charge in [-0.25, -0.2) is 0 Å². The van der Waals surface area contributed by atoms with Crippen LogP contribution in [0.25, 0.3) is 0 Å². The molecule has 0 aliphatic carbocycles. The van der Waals surface area contributed by atoms with Gasteiger partial charge in [-0.15, -0.1) is 0 Å². The summed E-state index contributed by atoms with van der Waals surface area (Å²) in [6, 6.07) is 32.6. The quantitative estimate of drug-likeness (QED) is 0.247. The summed E-state index contributed by atoms with van der Waals surface area (Å²) in [4.78, 5) is 0. The van der Waals surface area contributed by atoms with Crippen molar-refractivity contribution < 1.29 is 22.1 Å². The van der Waals surface area contributed by atoms with E-state index in [1.54, 1.807) is 0 Å². The molecule has 0 radical (unpaired) electrons. The van der Waals surface area contributed by atoms with Crippen molar-refractivity contribution >= 4 is 61.6 Å². The summed E-state index contributed by atoms with van der Waals surface area (Å²) in [7, 11) is 9.05. The van der Waals surface area contributed by atoms with E-state index in [2.05, 4.69) is 98.8 Å². The predicted octanol–water partition coefficient (Wildman–Crippen LogP) is 5.81. The van der Waals surface area contributed by atoms with Crippen LogP contribution in [0, 0.1) is 20.8 Å². The monoisotopic (exact) mass is 547 g/mol. The summed E-state index contributed by atoms with van der Waals surface area (Å²) in [5, 5.41) is 17.3. The second-order valence-electron chi connectivity index (χ2n) is 7.78. The molecule has 0 aliphatic rings. The second kappa shape index (κ2) is 13.1. The molecule has 4 rings (SSSR count). The van der Waals surface area contributed by atoms with E-state index in [4.69, 9.17) is 18.6 Å². The molecule has 4 aromatic carbocycles. The summed E-state index contributed by atoms with van der Waals surface area (Å²) >= 11 is -0.556. The molecule has 0 aromatic heterocycles. The SMILES string of the molecule is Cc1cc(C)c(O)c(Pc2c(C)cccc2[PH+](c2ccccc2)c2ccccc2)c1.[Cl][Ti][Cl]. The van der Waals surface area contributed by atoms with Gasteiger partial charge in [-0.2, -0.15) is 0 Å². The van der Waals surface area contributed by atoms with Gasteiger partial charge in [0, 0.05) is 10.6 Å². The Balaban J connectivity index is 0.000000968. The van der Waals surface area contributed by atoms with Crippen LogP contribution in [-0.2, 0) is 17.0 Å². The first-order valence-electron chi connectivity index (χ1n) is 10.6. The zero-order valence-corrected chi connectivity index (χ0v) is 23.9. The Kier molecular flexibility index (Phi) is 10.5. The van der Waals surface area contributed by atoms with E-state index in [0.29, 0.717) is 14.3 Å². The van der Waals surface area contributed by atoms with Gasteiger partial charge >= 0.3 is 35.6 Å². The van der Waals surface area contributed by atoms with Crippen LogP contribution >= 0.6 is 35.1 Å². The van der Waals surface area contributed by atoms with Crippen molar-refractivity contribution in [3.63, 3.8) is 0 Å². The number of benzene rings is 4. The van der Waals surface area contributed by atoms with Gasteiger partial charge in [0.15, 0.2) is 0 Å². The van der Waals surface area contributed by atoms with Crippen molar-refractivity contribution in [3.8, 4) is 5.75 Å². The molecule has 6 heteroatoms. The molecule has 4 aromatic rings. The number of hydrogen-bond acceptors (Lipinski definition) is 1. The summed E-state index contributed by atoms with van der Waals surface area (Å²) in [6.45, 7) is 6.28. The fraction of sp³-hybridized carbons (Fsp3) is 0.111. The first kappa shape index (κ1) is 26.4. The average Bonchev–Trinajstić information content (AvgIpc) is 2.81. The number of aromatic hydroxyl groups is 1. The van der Waals surface area contributed by atoms with Crippen LogP contribution in [0.3, 0.4) is 0 Å². The van der Waals surface area contributed by atoms with Crippen molar-refractivity contribution in [1.82, 2.24) is 0 Å². The Bertz CT molecular complexity index is 1150. The van der Waals surface area contributed by atoms with E-state index in [1.807, 2.05) is 13.0 Å². The van der Waals surface area contributed by atoms with Crippen molar-refractivity contribution in [2.75, 3.05) is 0 Å². The molecule has 168 valence electrons. The molecule has 0 saturated carbocycles. The number of phenolic OH excluding ortho intramolecular Hbond substituents is 1. The molecule has 0 saturated heterocycles. The van der Waals surface area contributed by atoms with Crippen LogP contribution in [0.5, 0.6) is 5.75 Å². The molecule has 0 aliphatic heterocycles. The third-order valence-corrected chi connectivity index (χ3v) is 9.96. The van der Waals surface area contributed by atoms with Crippen LogP contribution in [-0.4, -0.2) is 5.11 Å². The van der Waals surface area contributed by atoms with Gasteiger partial charge in [0.05, 0.1) is 7.92 Å². The van der Waals surface area contributed by atoms with Gasteiger partial charge < -0.3 is 5.11 Å². The molecule has 0 amide bonds. The summed E-state index contributed by atoms with van der Waals surface area (Å²) in [5.74, 6) is 0.432. The number of aryl methyl sites for hydroxylation is 3. The predicted molar refractivity (Wildman–Crippen MR) is 148 cm³/mol. The number of halogens is 2. The Morgan fingerprint density at radius 1 is 0.727 bits per heavy atom. The molecule has 33 heavy (non-hydrogen) atoms. The molecule has 0 fully saturated rings. The summed E-state index contributed by atoms with van der Waals surface area (Å²) in [6.07, 6.45) is 0. The van der Waals surface area contributed by atoms with Gasteiger partial charge in [0.1, 0.15) is 21.7 Å². The van der Waals surface area contributed by atoms with Crippen LogP contribution in [0.4, 0.5) is 0 Å². The normalized spacial score (nSPS) is 10.8. The third-order valence-electron chi connectivity index (χ3n) is 5.37. The first-order valence-corrected chi connectivity index (χ1v) is 17.4.